The molecule has 1 aromatic carbocycles. The van der Waals surface area contributed by atoms with Crippen LogP contribution in [0.1, 0.15) is 10.4 Å². The second-order valence-corrected chi connectivity index (χ2v) is 10.5. The van der Waals surface area contributed by atoms with E-state index in [0.29, 0.717) is 26.3 Å². The molecule has 170 valence electrons. The highest BCUT2D eigenvalue weighted by molar-refractivity contribution is 7.88. The number of carbonyl (C=O) groups is 1. The summed E-state index contributed by atoms with van der Waals surface area (Å²) in [7, 11) is -3.55. The van der Waals surface area contributed by atoms with Gasteiger partial charge in [-0.3, -0.25) is 9.69 Å². The van der Waals surface area contributed by atoms with Crippen molar-refractivity contribution in [2.45, 2.75) is 13.1 Å². The normalized spacial score (nSPS) is 15.3. The number of hydrogen-bond donors (Lipinski definition) is 0. The average molecular weight is 470 g/mol. The van der Waals surface area contributed by atoms with E-state index in [-0.39, 0.29) is 31.4 Å². The van der Waals surface area contributed by atoms with Gasteiger partial charge in [0.2, 0.25) is 15.9 Å². The predicted octanol–water partition coefficient (Wildman–Crippen LogP) is 2.01. The summed E-state index contributed by atoms with van der Waals surface area (Å²) < 4.78 is 44.5. The van der Waals surface area contributed by atoms with E-state index in [1.165, 1.54) is 27.8 Å². The van der Waals surface area contributed by atoms with E-state index in [2.05, 4.69) is 4.90 Å². The molecule has 1 aliphatic heterocycles. The summed E-state index contributed by atoms with van der Waals surface area (Å²) in [4.78, 5) is 17.9. The Morgan fingerprint density at radius 2 is 1.87 bits per heavy atom. The van der Waals surface area contributed by atoms with E-state index >= 15 is 0 Å². The van der Waals surface area contributed by atoms with Crippen molar-refractivity contribution < 1.29 is 22.3 Å². The fourth-order valence-corrected chi connectivity index (χ4v) is 4.80. The number of ether oxygens (including phenoxy) is 1. The summed E-state index contributed by atoms with van der Waals surface area (Å²) in [5.41, 5.74) is 0.783. The molecule has 1 aromatic heterocycles. The third-order valence-corrected chi connectivity index (χ3v) is 7.23. The van der Waals surface area contributed by atoms with Crippen molar-refractivity contribution >= 4 is 27.3 Å². The fourth-order valence-electron chi connectivity index (χ4n) is 3.32. The van der Waals surface area contributed by atoms with Crippen LogP contribution in [0.2, 0.25) is 0 Å². The Morgan fingerprint density at radius 1 is 1.16 bits per heavy atom. The number of benzene rings is 1. The number of morpholine rings is 1. The lowest BCUT2D eigenvalue weighted by molar-refractivity contribution is -0.132. The third-order valence-electron chi connectivity index (χ3n) is 5.12. The molecule has 31 heavy (non-hydrogen) atoms. The largest absolute Gasteiger partial charge is 0.379 e. The predicted molar refractivity (Wildman–Crippen MR) is 119 cm³/mol. The van der Waals surface area contributed by atoms with Gasteiger partial charge < -0.3 is 9.64 Å². The molecule has 1 saturated heterocycles. The zero-order valence-corrected chi connectivity index (χ0v) is 19.2. The van der Waals surface area contributed by atoms with Crippen molar-refractivity contribution in [3.63, 3.8) is 0 Å². The van der Waals surface area contributed by atoms with Crippen molar-refractivity contribution in [3.05, 3.63) is 58.0 Å². The smallest absolute Gasteiger partial charge is 0.238 e. The molecule has 0 aliphatic carbocycles. The van der Waals surface area contributed by atoms with Crippen LogP contribution in [0, 0.1) is 5.82 Å². The molecule has 2 heterocycles. The van der Waals surface area contributed by atoms with E-state index in [4.69, 9.17) is 4.74 Å². The van der Waals surface area contributed by atoms with Gasteiger partial charge in [-0.05, 0) is 29.1 Å². The van der Waals surface area contributed by atoms with Gasteiger partial charge in [-0.2, -0.15) is 4.31 Å². The summed E-state index contributed by atoms with van der Waals surface area (Å²) in [6, 6.07) is 9.82. The van der Waals surface area contributed by atoms with Crippen LogP contribution in [0.25, 0.3) is 0 Å². The molecule has 3 rings (SSSR count). The van der Waals surface area contributed by atoms with Gasteiger partial charge in [-0.15, -0.1) is 11.3 Å². The number of halogens is 1. The summed E-state index contributed by atoms with van der Waals surface area (Å²) in [5, 5.41) is 1.93. The summed E-state index contributed by atoms with van der Waals surface area (Å²) in [6.45, 7) is 3.97. The monoisotopic (exact) mass is 469 g/mol. The average Bonchev–Trinajstić information content (AvgIpc) is 3.25. The van der Waals surface area contributed by atoms with E-state index in [9.17, 15) is 17.6 Å². The highest BCUT2D eigenvalue weighted by Crippen LogP contribution is 2.16. The standard InChI is InChI=1S/C21H28FN3O4S2/c1-31(27,28)25(9-8-23-10-12-29-13-11-23)17-21(26)24(16-20-3-2-14-30-20)15-18-4-6-19(22)7-5-18/h2-7,14H,8-13,15-17H2,1H3. The molecular formula is C21H28FN3O4S2. The first-order valence-corrected chi connectivity index (χ1v) is 12.8. The van der Waals surface area contributed by atoms with E-state index in [0.717, 1.165) is 29.8 Å². The molecule has 1 aliphatic rings. The van der Waals surface area contributed by atoms with Gasteiger partial charge in [0.1, 0.15) is 5.82 Å². The molecule has 1 fully saturated rings. The molecule has 1 amide bonds. The number of thiophene rings is 1. The lowest BCUT2D eigenvalue weighted by Gasteiger charge is -2.30. The Labute approximate surface area is 187 Å². The second kappa shape index (κ2) is 11.1. The van der Waals surface area contributed by atoms with Gasteiger partial charge in [0.25, 0.3) is 0 Å². The van der Waals surface area contributed by atoms with Gasteiger partial charge in [0.15, 0.2) is 0 Å². The first kappa shape index (κ1) is 23.8. The van der Waals surface area contributed by atoms with Crippen LogP contribution in [0.4, 0.5) is 4.39 Å². The highest BCUT2D eigenvalue weighted by Gasteiger charge is 2.25. The summed E-state index contributed by atoms with van der Waals surface area (Å²) in [6.07, 6.45) is 1.13. The number of amides is 1. The Bertz CT molecular complexity index is 930. The molecule has 0 radical (unpaired) electrons. The summed E-state index contributed by atoms with van der Waals surface area (Å²) >= 11 is 1.53. The molecule has 0 saturated carbocycles. The lowest BCUT2D eigenvalue weighted by atomic mass is 10.2. The maximum Gasteiger partial charge on any atom is 0.238 e. The van der Waals surface area contributed by atoms with Crippen molar-refractivity contribution in [1.82, 2.24) is 14.1 Å². The van der Waals surface area contributed by atoms with Crippen molar-refractivity contribution in [2.75, 3.05) is 52.2 Å². The quantitative estimate of drug-likeness (QED) is 0.533. The van der Waals surface area contributed by atoms with Gasteiger partial charge in [0, 0.05) is 37.6 Å². The van der Waals surface area contributed by atoms with Crippen molar-refractivity contribution in [1.29, 1.82) is 0 Å². The third kappa shape index (κ3) is 7.65. The van der Waals surface area contributed by atoms with Crippen LogP contribution in [0.5, 0.6) is 0 Å². The molecule has 7 nitrogen and oxygen atoms in total. The topological polar surface area (TPSA) is 70.2 Å². The van der Waals surface area contributed by atoms with Crippen LogP contribution < -0.4 is 0 Å². The molecule has 0 atom stereocenters. The number of rotatable bonds is 10. The van der Waals surface area contributed by atoms with Crippen molar-refractivity contribution in [2.24, 2.45) is 0 Å². The van der Waals surface area contributed by atoms with Crippen LogP contribution in [0.15, 0.2) is 41.8 Å². The van der Waals surface area contributed by atoms with Gasteiger partial charge in [-0.25, -0.2) is 12.8 Å². The molecule has 0 unspecified atom stereocenters. The molecule has 2 aromatic rings. The van der Waals surface area contributed by atoms with Crippen LogP contribution in [-0.2, 0) is 32.6 Å². The Morgan fingerprint density at radius 3 is 2.48 bits per heavy atom. The molecule has 0 spiro atoms. The maximum atomic E-state index is 13.3. The van der Waals surface area contributed by atoms with Crippen LogP contribution >= 0.6 is 11.3 Å². The SMILES string of the molecule is CS(=O)(=O)N(CCN1CCOCC1)CC(=O)N(Cc1ccc(F)cc1)Cc1cccs1. The molecule has 10 heteroatoms. The number of carbonyl (C=O) groups excluding carboxylic acids is 1. The molecule has 0 bridgehead atoms. The number of nitrogens with zero attached hydrogens (tertiary/aromatic N) is 3. The van der Waals surface area contributed by atoms with Gasteiger partial charge in [0.05, 0.1) is 32.6 Å². The molecular weight excluding hydrogens is 441 g/mol. The maximum absolute atomic E-state index is 13.3. The zero-order valence-electron chi connectivity index (χ0n) is 17.6. The van der Waals surface area contributed by atoms with E-state index in [1.807, 2.05) is 17.5 Å². The minimum atomic E-state index is -3.55. The highest BCUT2D eigenvalue weighted by atomic mass is 32.2. The van der Waals surface area contributed by atoms with Gasteiger partial charge in [-0.1, -0.05) is 18.2 Å². The first-order chi connectivity index (χ1) is 14.8. The Kier molecular flexibility index (Phi) is 8.56. The minimum Gasteiger partial charge on any atom is -0.379 e. The van der Waals surface area contributed by atoms with Crippen LogP contribution in [-0.4, -0.2) is 80.6 Å². The van der Waals surface area contributed by atoms with Crippen LogP contribution in [0.3, 0.4) is 0 Å². The lowest BCUT2D eigenvalue weighted by Crippen LogP contribution is -2.46. The fraction of sp³-hybridized carbons (Fsp3) is 0.476. The second-order valence-electron chi connectivity index (χ2n) is 7.51. The minimum absolute atomic E-state index is 0.226. The Balaban J connectivity index is 1.69. The molecule has 0 N–H and O–H groups in total. The van der Waals surface area contributed by atoms with E-state index in [1.54, 1.807) is 17.0 Å². The first-order valence-electron chi connectivity index (χ1n) is 10.1. The zero-order chi connectivity index (χ0) is 22.3. The summed E-state index contributed by atoms with van der Waals surface area (Å²) in [5.74, 6) is -0.628. The van der Waals surface area contributed by atoms with Crippen molar-refractivity contribution in [3.8, 4) is 0 Å². The number of hydrogen-bond acceptors (Lipinski definition) is 6. The van der Waals surface area contributed by atoms with Gasteiger partial charge >= 0.3 is 0 Å². The Hall–Kier alpha value is -1.85. The van der Waals surface area contributed by atoms with E-state index < -0.39 is 10.0 Å². The number of sulfonamides is 1.